The maximum Gasteiger partial charge on any atom is 0.305 e. The lowest BCUT2D eigenvalue weighted by molar-refractivity contribution is -0.139. The summed E-state index contributed by atoms with van der Waals surface area (Å²) in [6, 6.07) is 0.166. The Morgan fingerprint density at radius 3 is 2.79 bits per heavy atom. The van der Waals surface area contributed by atoms with E-state index in [0.717, 1.165) is 13.0 Å². The first kappa shape index (κ1) is 11.5. The van der Waals surface area contributed by atoms with Crippen LogP contribution in [-0.2, 0) is 4.79 Å². The number of nitrogens with zero attached hydrogens (tertiary/aromatic N) is 1. The molecule has 0 aromatic carbocycles. The standard InChI is InChI=1S/C10H19NO3/c1-3-7(2)11-5-4-9(12)8(11)6-10(13)14/h7-9,12H,3-6H2,1-2H3,(H,13,14)/t7?,8-,9+/m1/s1. The van der Waals surface area contributed by atoms with Crippen LogP contribution in [0.1, 0.15) is 33.1 Å². The van der Waals surface area contributed by atoms with Gasteiger partial charge in [0.25, 0.3) is 0 Å². The number of hydrogen-bond donors (Lipinski definition) is 2. The number of carboxylic acids is 1. The summed E-state index contributed by atoms with van der Waals surface area (Å²) in [4.78, 5) is 12.7. The summed E-state index contributed by atoms with van der Waals surface area (Å²) in [7, 11) is 0. The van der Waals surface area contributed by atoms with E-state index in [0.29, 0.717) is 12.5 Å². The number of aliphatic hydroxyl groups excluding tert-OH is 1. The minimum Gasteiger partial charge on any atom is -0.481 e. The number of aliphatic hydroxyl groups is 1. The molecule has 0 saturated carbocycles. The van der Waals surface area contributed by atoms with Crippen LogP contribution >= 0.6 is 0 Å². The van der Waals surface area contributed by atoms with Crippen molar-refractivity contribution in [1.82, 2.24) is 4.90 Å². The van der Waals surface area contributed by atoms with Gasteiger partial charge in [-0.05, 0) is 19.8 Å². The van der Waals surface area contributed by atoms with Gasteiger partial charge in [-0.3, -0.25) is 9.69 Å². The van der Waals surface area contributed by atoms with Crippen molar-refractivity contribution < 1.29 is 15.0 Å². The van der Waals surface area contributed by atoms with Crippen LogP contribution in [0.5, 0.6) is 0 Å². The van der Waals surface area contributed by atoms with Crippen molar-refractivity contribution >= 4 is 5.97 Å². The molecule has 0 aliphatic carbocycles. The number of carboxylic acid groups (broad SMARTS) is 1. The molecule has 4 heteroatoms. The third-order valence-corrected chi connectivity index (χ3v) is 3.09. The van der Waals surface area contributed by atoms with E-state index in [4.69, 9.17) is 5.11 Å². The summed E-state index contributed by atoms with van der Waals surface area (Å²) >= 11 is 0. The van der Waals surface area contributed by atoms with Crippen molar-refractivity contribution in [3.63, 3.8) is 0 Å². The lowest BCUT2D eigenvalue weighted by Crippen LogP contribution is -2.42. The molecule has 1 aliphatic heterocycles. The molecule has 0 amide bonds. The Kier molecular flexibility index (Phi) is 3.89. The predicted octanol–water partition coefficient (Wildman–Crippen LogP) is 0.695. The van der Waals surface area contributed by atoms with E-state index in [9.17, 15) is 9.90 Å². The third-order valence-electron chi connectivity index (χ3n) is 3.09. The first-order valence-corrected chi connectivity index (χ1v) is 5.21. The van der Waals surface area contributed by atoms with E-state index in [-0.39, 0.29) is 12.5 Å². The Balaban J connectivity index is 2.61. The molecular weight excluding hydrogens is 182 g/mol. The molecular formula is C10H19NO3. The van der Waals surface area contributed by atoms with Crippen molar-refractivity contribution in [2.45, 2.75) is 51.3 Å². The number of carbonyl (C=O) groups is 1. The van der Waals surface area contributed by atoms with E-state index in [1.807, 2.05) is 0 Å². The van der Waals surface area contributed by atoms with Crippen molar-refractivity contribution in [2.75, 3.05) is 6.54 Å². The van der Waals surface area contributed by atoms with E-state index in [1.54, 1.807) is 0 Å². The normalized spacial score (nSPS) is 30.5. The first-order valence-electron chi connectivity index (χ1n) is 5.21. The zero-order chi connectivity index (χ0) is 10.7. The summed E-state index contributed by atoms with van der Waals surface area (Å²) in [6.45, 7) is 4.97. The van der Waals surface area contributed by atoms with Gasteiger partial charge in [0.1, 0.15) is 0 Å². The topological polar surface area (TPSA) is 60.8 Å². The Labute approximate surface area is 84.5 Å². The largest absolute Gasteiger partial charge is 0.481 e. The zero-order valence-electron chi connectivity index (χ0n) is 8.81. The van der Waals surface area contributed by atoms with Gasteiger partial charge >= 0.3 is 5.97 Å². The van der Waals surface area contributed by atoms with Crippen LogP contribution in [-0.4, -0.2) is 45.8 Å². The van der Waals surface area contributed by atoms with Crippen LogP contribution in [0.3, 0.4) is 0 Å². The number of hydrogen-bond acceptors (Lipinski definition) is 3. The molecule has 0 aromatic rings. The van der Waals surface area contributed by atoms with Crippen molar-refractivity contribution in [1.29, 1.82) is 0 Å². The van der Waals surface area contributed by atoms with Gasteiger partial charge in [-0.25, -0.2) is 0 Å². The quantitative estimate of drug-likeness (QED) is 0.702. The van der Waals surface area contributed by atoms with Gasteiger partial charge in [-0.15, -0.1) is 0 Å². The van der Waals surface area contributed by atoms with Crippen LogP contribution in [0, 0.1) is 0 Å². The SMILES string of the molecule is CCC(C)N1CC[C@H](O)[C@H]1CC(=O)O. The Morgan fingerprint density at radius 2 is 2.29 bits per heavy atom. The molecule has 1 unspecified atom stereocenters. The summed E-state index contributed by atoms with van der Waals surface area (Å²) in [5.41, 5.74) is 0. The Hall–Kier alpha value is -0.610. The van der Waals surface area contributed by atoms with E-state index >= 15 is 0 Å². The molecule has 14 heavy (non-hydrogen) atoms. The van der Waals surface area contributed by atoms with Gasteiger partial charge in [0.05, 0.1) is 12.5 Å². The summed E-state index contributed by atoms with van der Waals surface area (Å²) in [5.74, 6) is -0.829. The van der Waals surface area contributed by atoms with Gasteiger partial charge in [0.2, 0.25) is 0 Å². The van der Waals surface area contributed by atoms with Gasteiger partial charge in [-0.2, -0.15) is 0 Å². The summed E-state index contributed by atoms with van der Waals surface area (Å²) in [5, 5.41) is 18.4. The third kappa shape index (κ3) is 2.45. The van der Waals surface area contributed by atoms with Crippen LogP contribution in [0.4, 0.5) is 0 Å². The minimum atomic E-state index is -0.829. The highest BCUT2D eigenvalue weighted by Crippen LogP contribution is 2.24. The smallest absolute Gasteiger partial charge is 0.305 e. The van der Waals surface area contributed by atoms with Crippen molar-refractivity contribution in [3.8, 4) is 0 Å². The highest BCUT2D eigenvalue weighted by molar-refractivity contribution is 5.67. The molecule has 1 aliphatic rings. The van der Waals surface area contributed by atoms with Gasteiger partial charge in [-0.1, -0.05) is 6.92 Å². The second kappa shape index (κ2) is 4.75. The minimum absolute atomic E-state index is 0.0471. The average molecular weight is 201 g/mol. The second-order valence-corrected chi connectivity index (χ2v) is 4.02. The fourth-order valence-corrected chi connectivity index (χ4v) is 2.07. The molecule has 82 valence electrons. The molecule has 2 N–H and O–H groups in total. The Bertz CT molecular complexity index is 208. The van der Waals surface area contributed by atoms with Gasteiger partial charge < -0.3 is 10.2 Å². The monoisotopic (exact) mass is 201 g/mol. The number of rotatable bonds is 4. The van der Waals surface area contributed by atoms with E-state index in [1.165, 1.54) is 0 Å². The van der Waals surface area contributed by atoms with Crippen molar-refractivity contribution in [3.05, 3.63) is 0 Å². The van der Waals surface area contributed by atoms with Gasteiger partial charge in [0.15, 0.2) is 0 Å². The van der Waals surface area contributed by atoms with E-state index < -0.39 is 12.1 Å². The predicted molar refractivity (Wildman–Crippen MR) is 53.1 cm³/mol. The molecule has 4 nitrogen and oxygen atoms in total. The fraction of sp³-hybridized carbons (Fsp3) is 0.900. The maximum absolute atomic E-state index is 10.6. The van der Waals surface area contributed by atoms with Crippen molar-refractivity contribution in [2.24, 2.45) is 0 Å². The molecule has 1 saturated heterocycles. The van der Waals surface area contributed by atoms with E-state index in [2.05, 4.69) is 18.7 Å². The first-order chi connectivity index (χ1) is 6.56. The lowest BCUT2D eigenvalue weighted by atomic mass is 10.1. The molecule has 0 aromatic heterocycles. The van der Waals surface area contributed by atoms with Crippen LogP contribution in [0.15, 0.2) is 0 Å². The summed E-state index contributed by atoms with van der Waals surface area (Å²) in [6.07, 6.45) is 1.26. The molecule has 3 atom stereocenters. The zero-order valence-corrected chi connectivity index (χ0v) is 8.81. The fourth-order valence-electron chi connectivity index (χ4n) is 2.07. The Morgan fingerprint density at radius 1 is 1.64 bits per heavy atom. The lowest BCUT2D eigenvalue weighted by Gasteiger charge is -2.30. The molecule has 0 radical (unpaired) electrons. The van der Waals surface area contributed by atoms with Crippen LogP contribution < -0.4 is 0 Å². The second-order valence-electron chi connectivity index (χ2n) is 4.02. The molecule has 0 spiro atoms. The van der Waals surface area contributed by atoms with Gasteiger partial charge in [0, 0.05) is 18.6 Å². The number of likely N-dealkylation sites (tertiary alicyclic amines) is 1. The molecule has 1 rings (SSSR count). The highest BCUT2D eigenvalue weighted by atomic mass is 16.4. The maximum atomic E-state index is 10.6. The summed E-state index contributed by atoms with van der Waals surface area (Å²) < 4.78 is 0. The highest BCUT2D eigenvalue weighted by Gasteiger charge is 2.36. The molecule has 0 bridgehead atoms. The van der Waals surface area contributed by atoms with Crippen LogP contribution in [0.25, 0.3) is 0 Å². The number of aliphatic carboxylic acids is 1. The average Bonchev–Trinajstić information content (AvgIpc) is 2.46. The molecule has 1 heterocycles. The molecule has 1 fully saturated rings. The van der Waals surface area contributed by atoms with Crippen LogP contribution in [0.2, 0.25) is 0 Å².